The zero-order valence-corrected chi connectivity index (χ0v) is 11.4. The van der Waals surface area contributed by atoms with E-state index in [0.29, 0.717) is 5.56 Å². The summed E-state index contributed by atoms with van der Waals surface area (Å²) in [6.45, 7) is 6.05. The Bertz CT molecular complexity index is 573. The van der Waals surface area contributed by atoms with Crippen LogP contribution in [0.4, 0.5) is 5.69 Å². The molecule has 0 radical (unpaired) electrons. The maximum Gasteiger partial charge on any atom is 0.121 e. The molecule has 0 aromatic heterocycles. The number of hydrogen-bond donors (Lipinski definition) is 3. The van der Waals surface area contributed by atoms with Crippen molar-refractivity contribution in [2.45, 2.75) is 26.8 Å². The van der Waals surface area contributed by atoms with Crippen LogP contribution in [0.2, 0.25) is 0 Å². The van der Waals surface area contributed by atoms with Crippen molar-refractivity contribution < 1.29 is 10.2 Å². The molecular formula is C16H19NO2. The lowest BCUT2D eigenvalue weighted by Gasteiger charge is -2.18. The molecular weight excluding hydrogens is 238 g/mol. The predicted molar refractivity (Wildman–Crippen MR) is 77.7 cm³/mol. The van der Waals surface area contributed by atoms with Gasteiger partial charge in [-0.25, -0.2) is 0 Å². The number of phenolic OH excluding ortho intramolecular Hbond substituents is 2. The lowest BCUT2D eigenvalue weighted by atomic mass is 10.1. The largest absolute Gasteiger partial charge is 0.508 e. The molecule has 2 aromatic rings. The number of aryl methyl sites for hydroxylation is 2. The Morgan fingerprint density at radius 3 is 2.21 bits per heavy atom. The van der Waals surface area contributed by atoms with Crippen LogP contribution in [-0.2, 0) is 0 Å². The molecule has 2 rings (SSSR count). The lowest BCUT2D eigenvalue weighted by molar-refractivity contribution is 0.451. The van der Waals surface area contributed by atoms with Gasteiger partial charge >= 0.3 is 0 Å². The fraction of sp³-hybridized carbons (Fsp3) is 0.250. The van der Waals surface area contributed by atoms with E-state index < -0.39 is 0 Å². The van der Waals surface area contributed by atoms with Crippen molar-refractivity contribution in [3.05, 3.63) is 53.1 Å². The van der Waals surface area contributed by atoms with Crippen molar-refractivity contribution in [2.75, 3.05) is 5.32 Å². The Morgan fingerprint density at radius 1 is 0.947 bits per heavy atom. The van der Waals surface area contributed by atoms with Crippen LogP contribution in [0.15, 0.2) is 36.4 Å². The average molecular weight is 257 g/mol. The Labute approximate surface area is 113 Å². The monoisotopic (exact) mass is 257 g/mol. The van der Waals surface area contributed by atoms with E-state index in [1.165, 1.54) is 23.3 Å². The lowest BCUT2D eigenvalue weighted by Crippen LogP contribution is -2.07. The Hall–Kier alpha value is -2.16. The topological polar surface area (TPSA) is 52.5 Å². The Kier molecular flexibility index (Phi) is 3.65. The number of benzene rings is 2. The molecule has 3 N–H and O–H groups in total. The highest BCUT2D eigenvalue weighted by atomic mass is 16.3. The molecule has 0 amide bonds. The summed E-state index contributed by atoms with van der Waals surface area (Å²) in [4.78, 5) is 0. The minimum atomic E-state index is -0.0895. The molecule has 2 aromatic carbocycles. The fourth-order valence-electron chi connectivity index (χ4n) is 2.27. The van der Waals surface area contributed by atoms with Gasteiger partial charge in [-0.1, -0.05) is 6.07 Å². The molecule has 0 fully saturated rings. The molecule has 0 aliphatic carbocycles. The highest BCUT2D eigenvalue weighted by Crippen LogP contribution is 2.30. The predicted octanol–water partition coefficient (Wildman–Crippen LogP) is 3.89. The van der Waals surface area contributed by atoms with E-state index in [4.69, 9.17) is 0 Å². The average Bonchev–Trinajstić information content (AvgIpc) is 2.30. The third-order valence-corrected chi connectivity index (χ3v) is 3.08. The second kappa shape index (κ2) is 5.22. The second-order valence-corrected chi connectivity index (χ2v) is 4.99. The van der Waals surface area contributed by atoms with Gasteiger partial charge in [0.2, 0.25) is 0 Å². The summed E-state index contributed by atoms with van der Waals surface area (Å²) in [6, 6.07) is 10.7. The quantitative estimate of drug-likeness (QED) is 0.731. The van der Waals surface area contributed by atoms with Gasteiger partial charge < -0.3 is 15.5 Å². The first-order valence-corrected chi connectivity index (χ1v) is 6.32. The first kappa shape index (κ1) is 13.3. The van der Waals surface area contributed by atoms with Crippen molar-refractivity contribution in [1.29, 1.82) is 0 Å². The maximum atomic E-state index is 9.84. The molecule has 0 spiro atoms. The summed E-state index contributed by atoms with van der Waals surface area (Å²) in [5.74, 6) is 0.337. The highest BCUT2D eigenvalue weighted by molar-refractivity contribution is 5.51. The van der Waals surface area contributed by atoms with Crippen molar-refractivity contribution in [2.24, 2.45) is 0 Å². The van der Waals surface area contributed by atoms with E-state index in [-0.39, 0.29) is 17.5 Å². The first-order valence-electron chi connectivity index (χ1n) is 6.32. The van der Waals surface area contributed by atoms with Crippen LogP contribution in [0, 0.1) is 13.8 Å². The van der Waals surface area contributed by atoms with Crippen LogP contribution in [0.25, 0.3) is 0 Å². The number of phenols is 2. The van der Waals surface area contributed by atoms with E-state index in [1.54, 1.807) is 6.07 Å². The standard InChI is InChI=1S/C16H19NO2/c1-10-6-11(2)8-13(7-10)17-12(3)15-9-14(18)4-5-16(15)19/h4-9,12,17-19H,1-3H3. The molecule has 3 nitrogen and oxygen atoms in total. The van der Waals surface area contributed by atoms with Crippen molar-refractivity contribution in [3.8, 4) is 11.5 Å². The van der Waals surface area contributed by atoms with E-state index in [2.05, 4.69) is 37.4 Å². The number of nitrogens with one attached hydrogen (secondary N) is 1. The summed E-state index contributed by atoms with van der Waals surface area (Å²) in [7, 11) is 0. The molecule has 19 heavy (non-hydrogen) atoms. The molecule has 0 heterocycles. The maximum absolute atomic E-state index is 9.84. The van der Waals surface area contributed by atoms with Crippen LogP contribution in [-0.4, -0.2) is 10.2 Å². The third kappa shape index (κ3) is 3.19. The normalized spacial score (nSPS) is 12.2. The van der Waals surface area contributed by atoms with Crippen molar-refractivity contribution >= 4 is 5.69 Å². The smallest absolute Gasteiger partial charge is 0.121 e. The van der Waals surface area contributed by atoms with Crippen molar-refractivity contribution in [3.63, 3.8) is 0 Å². The van der Waals surface area contributed by atoms with Crippen LogP contribution in [0.5, 0.6) is 11.5 Å². The van der Waals surface area contributed by atoms with Crippen LogP contribution in [0.1, 0.15) is 29.7 Å². The minimum Gasteiger partial charge on any atom is -0.508 e. The molecule has 100 valence electrons. The van der Waals surface area contributed by atoms with E-state index >= 15 is 0 Å². The third-order valence-electron chi connectivity index (χ3n) is 3.08. The summed E-state index contributed by atoms with van der Waals surface area (Å²) < 4.78 is 0. The zero-order valence-electron chi connectivity index (χ0n) is 11.4. The summed E-state index contributed by atoms with van der Waals surface area (Å²) in [5.41, 5.74) is 4.07. The number of hydrogen-bond acceptors (Lipinski definition) is 3. The van der Waals surface area contributed by atoms with Crippen molar-refractivity contribution in [1.82, 2.24) is 0 Å². The summed E-state index contributed by atoms with van der Waals surface area (Å²) in [5, 5.41) is 22.7. The van der Waals surface area contributed by atoms with Gasteiger partial charge in [0.15, 0.2) is 0 Å². The molecule has 0 aliphatic rings. The van der Waals surface area contributed by atoms with Gasteiger partial charge in [0.1, 0.15) is 11.5 Å². The van der Waals surface area contributed by atoms with Crippen LogP contribution >= 0.6 is 0 Å². The van der Waals surface area contributed by atoms with E-state index in [1.807, 2.05) is 6.92 Å². The fourth-order valence-corrected chi connectivity index (χ4v) is 2.27. The molecule has 0 bridgehead atoms. The molecule has 1 unspecified atom stereocenters. The summed E-state index contributed by atoms with van der Waals surface area (Å²) in [6.07, 6.45) is 0. The molecule has 0 aliphatic heterocycles. The van der Waals surface area contributed by atoms with Gasteiger partial charge in [0.25, 0.3) is 0 Å². The van der Waals surface area contributed by atoms with Gasteiger partial charge in [-0.3, -0.25) is 0 Å². The first-order chi connectivity index (χ1) is 8.95. The van der Waals surface area contributed by atoms with Gasteiger partial charge in [0.05, 0.1) is 6.04 Å². The molecule has 3 heteroatoms. The van der Waals surface area contributed by atoms with Crippen LogP contribution in [0.3, 0.4) is 0 Å². The molecule has 1 atom stereocenters. The van der Waals surface area contributed by atoms with Crippen LogP contribution < -0.4 is 5.32 Å². The van der Waals surface area contributed by atoms with Gasteiger partial charge in [-0.2, -0.15) is 0 Å². The minimum absolute atomic E-state index is 0.0895. The number of rotatable bonds is 3. The van der Waals surface area contributed by atoms with Gasteiger partial charge in [-0.15, -0.1) is 0 Å². The SMILES string of the molecule is Cc1cc(C)cc(NC(C)c2cc(O)ccc2O)c1. The Balaban J connectivity index is 2.25. The van der Waals surface area contributed by atoms with Gasteiger partial charge in [-0.05, 0) is 62.2 Å². The number of anilines is 1. The number of aromatic hydroxyl groups is 2. The molecule has 0 saturated carbocycles. The second-order valence-electron chi connectivity index (χ2n) is 4.99. The zero-order chi connectivity index (χ0) is 14.0. The van der Waals surface area contributed by atoms with E-state index in [0.717, 1.165) is 5.69 Å². The highest BCUT2D eigenvalue weighted by Gasteiger charge is 2.11. The van der Waals surface area contributed by atoms with Gasteiger partial charge in [0, 0.05) is 11.3 Å². The summed E-state index contributed by atoms with van der Waals surface area (Å²) >= 11 is 0. The van der Waals surface area contributed by atoms with E-state index in [9.17, 15) is 10.2 Å². The Morgan fingerprint density at radius 2 is 1.58 bits per heavy atom. The molecule has 0 saturated heterocycles.